The zero-order chi connectivity index (χ0) is 64.5. The van der Waals surface area contributed by atoms with Crippen LogP contribution in [0.15, 0.2) is 4.99 Å². The maximum atomic E-state index is 14.4. The molecule has 0 aromatic carbocycles. The van der Waals surface area contributed by atoms with E-state index in [1.807, 2.05) is 0 Å². The summed E-state index contributed by atoms with van der Waals surface area (Å²) in [5.74, 6) is -12.3. The van der Waals surface area contributed by atoms with E-state index in [0.717, 1.165) is 0 Å². The van der Waals surface area contributed by atoms with Crippen LogP contribution in [0.1, 0.15) is 138 Å². The van der Waals surface area contributed by atoms with Gasteiger partial charge >= 0.3 is 11.9 Å². The average molecular weight is 1210 g/mol. The molecular formula is C53H97N17O15. The van der Waals surface area contributed by atoms with Gasteiger partial charge in [-0.25, -0.2) is 4.79 Å². The molecule has 0 bridgehead atoms. The second-order valence-corrected chi connectivity index (χ2v) is 21.8. The van der Waals surface area contributed by atoms with E-state index in [1.54, 1.807) is 13.8 Å². The molecule has 1 heterocycles. The number of rotatable bonds is 42. The number of nitrogens with one attached hydrogen (secondary N) is 9. The molecule has 0 spiro atoms. The number of carboxylic acids is 2. The molecule has 32 nitrogen and oxygen atoms in total. The molecule has 0 unspecified atom stereocenters. The molecule has 0 aromatic heterocycles. The third-order valence-corrected chi connectivity index (χ3v) is 13.9. The van der Waals surface area contributed by atoms with Gasteiger partial charge in [0.05, 0.1) is 12.6 Å². The Kier molecular flexibility index (Phi) is 35.7. The standard InChI is InChI=1S/C53H97N17O15/c1-28(2)40(68-42(74)30(5)57)51(83)70-26-14-19-38(70)50(82)61-31(6)43(75)62-32(15-7-10-22-54)44(76)63-33(16-8-11-23-55)45(77)65-35(18-13-25-60-53(58)59)46(78)66-36(20-21-39(72)73)48(80)64-34(17-9-12-24-56)47(79)67-37(27-71)49(81)69-41(29(3)4)52(84)85/h28-38,40-41,71H,7-27,54-57H2,1-6H3,(H,61,82)(H,62,75)(H,63,76)(H,64,80)(H,65,77)(H,66,78)(H,67,79)(H,68,74)(H,69,81)(H,72,73)(H,84,85)(H4,58,59,60)/t30-,31-,32-,33-,34-,35-,36-,37-,38-,40-,41-/m0/s1. The minimum absolute atomic E-state index is 0.0230. The number of hydrogen-bond acceptors (Lipinski definition) is 18. The summed E-state index contributed by atoms with van der Waals surface area (Å²) in [6.45, 7) is 9.17. The Bertz CT molecular complexity index is 2250. The molecule has 10 amide bonds. The zero-order valence-corrected chi connectivity index (χ0v) is 50.0. The summed E-state index contributed by atoms with van der Waals surface area (Å²) in [7, 11) is 0. The number of aliphatic hydroxyl groups is 1. The van der Waals surface area contributed by atoms with E-state index in [0.29, 0.717) is 32.1 Å². The van der Waals surface area contributed by atoms with Gasteiger partial charge in [-0.15, -0.1) is 0 Å². The molecule has 1 saturated heterocycles. The molecule has 1 aliphatic heterocycles. The van der Waals surface area contributed by atoms with Gasteiger partial charge in [-0.3, -0.25) is 57.7 Å². The highest BCUT2D eigenvalue weighted by molar-refractivity contribution is 5.99. The van der Waals surface area contributed by atoms with E-state index in [-0.39, 0.29) is 96.0 Å². The number of carbonyl (C=O) groups is 12. The molecule has 11 atom stereocenters. The number of aliphatic carboxylic acids is 2. The molecule has 24 N–H and O–H groups in total. The SMILES string of the molecule is CC(C)[C@H](NC(=O)[C@H](CO)NC(=O)[C@H](CCCCN)NC(=O)[C@H](CCC(=O)O)NC(=O)[C@H](CCCN=C(N)N)NC(=O)[C@H](CCCCN)NC(=O)[C@H](CCCCN)NC(=O)[C@H](C)NC(=O)[C@@H]1CCCN1C(=O)[C@@H](NC(=O)[C@H](C)N)C(C)C)C(=O)O. The minimum Gasteiger partial charge on any atom is -0.481 e. The third-order valence-electron chi connectivity index (χ3n) is 13.9. The predicted octanol–water partition coefficient (Wildman–Crippen LogP) is -5.60. The van der Waals surface area contributed by atoms with Crippen LogP contribution in [0.25, 0.3) is 0 Å². The van der Waals surface area contributed by atoms with Crippen molar-refractivity contribution < 1.29 is 72.9 Å². The maximum Gasteiger partial charge on any atom is 0.326 e. The molecular weight excluding hydrogens is 1110 g/mol. The van der Waals surface area contributed by atoms with Gasteiger partial charge in [-0.05, 0) is 135 Å². The van der Waals surface area contributed by atoms with Gasteiger partial charge in [0.15, 0.2) is 5.96 Å². The van der Waals surface area contributed by atoms with Crippen molar-refractivity contribution in [3.05, 3.63) is 0 Å². The fraction of sp³-hybridized carbons (Fsp3) is 0.755. The summed E-state index contributed by atoms with van der Waals surface area (Å²) in [6, 6.07) is -14.5. The van der Waals surface area contributed by atoms with Crippen LogP contribution in [0.5, 0.6) is 0 Å². The summed E-state index contributed by atoms with van der Waals surface area (Å²) in [5, 5.41) is 52.0. The number of aliphatic hydroxyl groups excluding tert-OH is 1. The number of likely N-dealkylation sites (tertiary alicyclic amines) is 1. The molecule has 0 saturated carbocycles. The molecule has 32 heteroatoms. The van der Waals surface area contributed by atoms with E-state index < -0.39 is 163 Å². The van der Waals surface area contributed by atoms with E-state index in [9.17, 15) is 72.9 Å². The van der Waals surface area contributed by atoms with E-state index in [4.69, 9.17) is 34.4 Å². The maximum absolute atomic E-state index is 14.4. The lowest BCUT2D eigenvalue weighted by Gasteiger charge is -2.31. The highest BCUT2D eigenvalue weighted by Gasteiger charge is 2.41. The Morgan fingerprint density at radius 2 is 0.894 bits per heavy atom. The fourth-order valence-corrected chi connectivity index (χ4v) is 8.87. The van der Waals surface area contributed by atoms with Crippen LogP contribution in [0.4, 0.5) is 0 Å². The second-order valence-electron chi connectivity index (χ2n) is 21.8. The van der Waals surface area contributed by atoms with Crippen molar-refractivity contribution in [1.82, 2.24) is 52.8 Å². The van der Waals surface area contributed by atoms with E-state index in [1.165, 1.54) is 32.6 Å². The Morgan fingerprint density at radius 1 is 0.506 bits per heavy atom. The van der Waals surface area contributed by atoms with Gasteiger partial charge in [0.1, 0.15) is 60.4 Å². The molecule has 484 valence electrons. The molecule has 1 aliphatic rings. The first-order chi connectivity index (χ1) is 40.0. The Balaban J connectivity index is 3.56. The van der Waals surface area contributed by atoms with Crippen LogP contribution in [-0.2, 0) is 57.5 Å². The van der Waals surface area contributed by atoms with Crippen LogP contribution in [0.3, 0.4) is 0 Å². The van der Waals surface area contributed by atoms with Gasteiger partial charge in [0.25, 0.3) is 0 Å². The van der Waals surface area contributed by atoms with Gasteiger partial charge in [-0.2, -0.15) is 0 Å². The lowest BCUT2D eigenvalue weighted by molar-refractivity contribution is -0.144. The number of aliphatic imine (C=N–C) groups is 1. The van der Waals surface area contributed by atoms with Crippen molar-refractivity contribution in [3.8, 4) is 0 Å². The number of carboxylic acid groups (broad SMARTS) is 2. The number of carbonyl (C=O) groups excluding carboxylic acids is 10. The van der Waals surface area contributed by atoms with Crippen molar-refractivity contribution in [2.75, 3.05) is 39.3 Å². The fourth-order valence-electron chi connectivity index (χ4n) is 8.87. The predicted molar refractivity (Wildman–Crippen MR) is 311 cm³/mol. The van der Waals surface area contributed by atoms with Crippen molar-refractivity contribution in [2.45, 2.75) is 204 Å². The monoisotopic (exact) mass is 1210 g/mol. The molecule has 0 radical (unpaired) electrons. The number of unbranched alkanes of at least 4 members (excludes halogenated alkanes) is 3. The molecule has 85 heavy (non-hydrogen) atoms. The van der Waals surface area contributed by atoms with Crippen LogP contribution in [0.2, 0.25) is 0 Å². The first kappa shape index (κ1) is 75.7. The van der Waals surface area contributed by atoms with E-state index >= 15 is 0 Å². The largest absolute Gasteiger partial charge is 0.481 e. The zero-order valence-electron chi connectivity index (χ0n) is 50.0. The van der Waals surface area contributed by atoms with Crippen molar-refractivity contribution >= 4 is 77.0 Å². The normalized spacial score (nSPS) is 16.5. The topological polar surface area (TPSA) is 546 Å². The number of hydrogen-bond donors (Lipinski definition) is 18. The van der Waals surface area contributed by atoms with Gasteiger partial charge in [0.2, 0.25) is 59.1 Å². The molecule has 0 aliphatic carbocycles. The van der Waals surface area contributed by atoms with Crippen LogP contribution >= 0.6 is 0 Å². The van der Waals surface area contributed by atoms with Crippen molar-refractivity contribution in [3.63, 3.8) is 0 Å². The van der Waals surface area contributed by atoms with Crippen LogP contribution in [0, 0.1) is 11.8 Å². The summed E-state index contributed by atoms with van der Waals surface area (Å²) in [6.07, 6.45) is 1.26. The summed E-state index contributed by atoms with van der Waals surface area (Å²) >= 11 is 0. The average Bonchev–Trinajstić information content (AvgIpc) is 4.15. The number of nitrogens with zero attached hydrogens (tertiary/aromatic N) is 2. The molecule has 0 aromatic rings. The smallest absolute Gasteiger partial charge is 0.326 e. The third kappa shape index (κ3) is 28.0. The molecule has 1 fully saturated rings. The highest BCUT2D eigenvalue weighted by Crippen LogP contribution is 2.21. The van der Waals surface area contributed by atoms with Crippen LogP contribution in [-0.4, -0.2) is 203 Å². The first-order valence-electron chi connectivity index (χ1n) is 29.1. The second kappa shape index (κ2) is 40.1. The first-order valence-corrected chi connectivity index (χ1v) is 29.1. The van der Waals surface area contributed by atoms with Gasteiger partial charge in [-0.1, -0.05) is 27.7 Å². The van der Waals surface area contributed by atoms with Crippen molar-refractivity contribution in [1.29, 1.82) is 0 Å². The molecule has 1 rings (SSSR count). The Morgan fingerprint density at radius 3 is 1.27 bits per heavy atom. The minimum atomic E-state index is -1.69. The summed E-state index contributed by atoms with van der Waals surface area (Å²) in [4.78, 5) is 166. The Labute approximate surface area is 496 Å². The quantitative estimate of drug-likeness (QED) is 0.0154. The summed E-state index contributed by atoms with van der Waals surface area (Å²) in [5.41, 5.74) is 34.0. The van der Waals surface area contributed by atoms with Crippen LogP contribution < -0.4 is 82.3 Å². The summed E-state index contributed by atoms with van der Waals surface area (Å²) < 4.78 is 0. The van der Waals surface area contributed by atoms with Crippen molar-refractivity contribution in [2.24, 2.45) is 51.2 Å². The number of nitrogens with two attached hydrogens (primary N) is 6. The lowest BCUT2D eigenvalue weighted by atomic mass is 10.0. The Hall–Kier alpha value is -7.29. The van der Waals surface area contributed by atoms with Gasteiger partial charge in [0, 0.05) is 19.5 Å². The highest BCUT2D eigenvalue weighted by atomic mass is 16.4. The lowest BCUT2D eigenvalue weighted by Crippen LogP contribution is -2.60. The van der Waals surface area contributed by atoms with Gasteiger partial charge < -0.3 is 102 Å². The van der Waals surface area contributed by atoms with E-state index in [2.05, 4.69) is 52.8 Å². The number of amides is 10. The number of guanidine groups is 1.